The SMILES string of the molecule is CC(CCN1Cc2cc(C#Cc3ccc(NC(=O)CO)cc3)cn2C1=O)(C(=O)NO)S(C)(=O)=O. The minimum Gasteiger partial charge on any atom is -0.387 e. The van der Waals surface area contributed by atoms with Gasteiger partial charge >= 0.3 is 6.03 Å². The van der Waals surface area contributed by atoms with E-state index in [1.165, 1.54) is 21.9 Å². The van der Waals surface area contributed by atoms with E-state index < -0.39 is 33.0 Å². The fraction of sp³-hybridized carbons (Fsp3) is 0.318. The highest BCUT2D eigenvalue weighted by molar-refractivity contribution is 7.92. The molecule has 0 bridgehead atoms. The molecule has 3 amide bonds. The first-order chi connectivity index (χ1) is 16.0. The number of fused-ring (bicyclic) bond motifs is 1. The number of benzene rings is 1. The van der Waals surface area contributed by atoms with Crippen molar-refractivity contribution in [2.45, 2.75) is 24.6 Å². The maximum Gasteiger partial charge on any atom is 0.328 e. The average molecular weight is 489 g/mol. The van der Waals surface area contributed by atoms with E-state index in [1.807, 2.05) is 0 Å². The van der Waals surface area contributed by atoms with Gasteiger partial charge in [0.2, 0.25) is 5.91 Å². The van der Waals surface area contributed by atoms with Gasteiger partial charge in [-0.25, -0.2) is 18.7 Å². The van der Waals surface area contributed by atoms with E-state index in [0.717, 1.165) is 6.26 Å². The Bertz CT molecular complexity index is 1290. The molecule has 3 rings (SSSR count). The Hall–Kier alpha value is -3.66. The molecule has 12 heteroatoms. The van der Waals surface area contributed by atoms with Crippen LogP contribution >= 0.6 is 0 Å². The van der Waals surface area contributed by atoms with Gasteiger partial charge in [-0.1, -0.05) is 11.8 Å². The highest BCUT2D eigenvalue weighted by Gasteiger charge is 2.44. The van der Waals surface area contributed by atoms with Gasteiger partial charge in [-0.3, -0.25) is 19.4 Å². The van der Waals surface area contributed by atoms with Crippen molar-refractivity contribution in [2.75, 3.05) is 24.7 Å². The molecule has 0 fully saturated rings. The van der Waals surface area contributed by atoms with Gasteiger partial charge in [0.15, 0.2) is 14.6 Å². The monoisotopic (exact) mass is 488 g/mol. The number of hydrogen-bond donors (Lipinski definition) is 4. The Kier molecular flexibility index (Phi) is 7.11. The van der Waals surface area contributed by atoms with Crippen LogP contribution in [-0.4, -0.2) is 70.2 Å². The highest BCUT2D eigenvalue weighted by atomic mass is 32.2. The van der Waals surface area contributed by atoms with Crippen LogP contribution in [0.5, 0.6) is 0 Å². The Balaban J connectivity index is 1.66. The first-order valence-corrected chi connectivity index (χ1v) is 12.0. The molecule has 1 aliphatic heterocycles. The summed E-state index contributed by atoms with van der Waals surface area (Å²) in [7, 11) is -3.86. The second-order valence-corrected chi connectivity index (χ2v) is 10.5. The van der Waals surface area contributed by atoms with Gasteiger partial charge in [0, 0.05) is 41.5 Å². The van der Waals surface area contributed by atoms with E-state index >= 15 is 0 Å². The number of hydrogen-bond acceptors (Lipinski definition) is 7. The van der Waals surface area contributed by atoms with Gasteiger partial charge in [-0.15, -0.1) is 0 Å². The fourth-order valence-corrected chi connectivity index (χ4v) is 4.23. The van der Waals surface area contributed by atoms with Crippen LogP contribution in [0.1, 0.15) is 30.2 Å². The van der Waals surface area contributed by atoms with Gasteiger partial charge in [0.1, 0.15) is 6.61 Å². The van der Waals surface area contributed by atoms with Crippen molar-refractivity contribution >= 4 is 33.4 Å². The molecule has 1 unspecified atom stereocenters. The Morgan fingerprint density at radius 2 is 1.82 bits per heavy atom. The van der Waals surface area contributed by atoms with Crippen LogP contribution in [0.25, 0.3) is 0 Å². The summed E-state index contributed by atoms with van der Waals surface area (Å²) in [6.07, 6.45) is 2.30. The van der Waals surface area contributed by atoms with Crippen molar-refractivity contribution in [3.63, 3.8) is 0 Å². The maximum absolute atomic E-state index is 12.7. The summed E-state index contributed by atoms with van der Waals surface area (Å²) in [6, 6.07) is 8.10. The van der Waals surface area contributed by atoms with Crippen LogP contribution in [0.3, 0.4) is 0 Å². The van der Waals surface area contributed by atoms with Crippen molar-refractivity contribution in [1.29, 1.82) is 0 Å². The van der Waals surface area contributed by atoms with Crippen molar-refractivity contribution in [3.8, 4) is 11.8 Å². The van der Waals surface area contributed by atoms with Gasteiger partial charge in [0.25, 0.3) is 5.91 Å². The number of hydroxylamine groups is 1. The highest BCUT2D eigenvalue weighted by Crippen LogP contribution is 2.25. The van der Waals surface area contributed by atoms with E-state index in [0.29, 0.717) is 22.5 Å². The number of nitrogens with one attached hydrogen (secondary N) is 2. The zero-order chi connectivity index (χ0) is 25.1. The van der Waals surface area contributed by atoms with E-state index in [1.54, 1.807) is 36.5 Å². The third kappa shape index (κ3) is 5.12. The number of aromatic nitrogens is 1. The maximum atomic E-state index is 12.7. The molecule has 11 nitrogen and oxygen atoms in total. The summed E-state index contributed by atoms with van der Waals surface area (Å²) in [6.45, 7) is 0.819. The molecule has 1 atom stereocenters. The Labute approximate surface area is 196 Å². The number of aliphatic hydroxyl groups excluding tert-OH is 1. The van der Waals surface area contributed by atoms with Crippen LogP contribution in [0.15, 0.2) is 36.5 Å². The van der Waals surface area contributed by atoms with Crippen molar-refractivity contribution in [2.24, 2.45) is 0 Å². The second-order valence-electron chi connectivity index (χ2n) is 8.02. The summed E-state index contributed by atoms with van der Waals surface area (Å²) < 4.78 is 23.7. The zero-order valence-corrected chi connectivity index (χ0v) is 19.3. The molecule has 1 aliphatic rings. The third-order valence-electron chi connectivity index (χ3n) is 5.65. The lowest BCUT2D eigenvalue weighted by Crippen LogP contribution is -2.50. The van der Waals surface area contributed by atoms with Crippen molar-refractivity contribution < 1.29 is 33.1 Å². The van der Waals surface area contributed by atoms with E-state index in [2.05, 4.69) is 17.2 Å². The number of sulfone groups is 1. The summed E-state index contributed by atoms with van der Waals surface area (Å²) in [5.41, 5.74) is 3.89. The predicted molar refractivity (Wildman–Crippen MR) is 122 cm³/mol. The molecule has 0 aliphatic carbocycles. The first-order valence-electron chi connectivity index (χ1n) is 10.2. The number of amides is 3. The molecular formula is C22H24N4O7S. The van der Waals surface area contributed by atoms with E-state index in [4.69, 9.17) is 10.3 Å². The molecule has 0 spiro atoms. The van der Waals surface area contributed by atoms with Crippen LogP contribution in [-0.2, 0) is 26.0 Å². The van der Waals surface area contributed by atoms with Crippen LogP contribution in [0.4, 0.5) is 10.5 Å². The minimum absolute atomic E-state index is 0.00230. The molecule has 180 valence electrons. The summed E-state index contributed by atoms with van der Waals surface area (Å²) in [5, 5.41) is 20.2. The predicted octanol–water partition coefficient (Wildman–Crippen LogP) is 0.301. The van der Waals surface area contributed by atoms with Crippen molar-refractivity contribution in [1.82, 2.24) is 14.9 Å². The number of carbonyl (C=O) groups excluding carboxylic acids is 3. The van der Waals surface area contributed by atoms with Crippen LogP contribution < -0.4 is 10.8 Å². The summed E-state index contributed by atoms with van der Waals surface area (Å²) in [5.74, 6) is 4.36. The molecule has 2 heterocycles. The molecule has 1 aromatic carbocycles. The van der Waals surface area contributed by atoms with E-state index in [9.17, 15) is 22.8 Å². The van der Waals surface area contributed by atoms with E-state index in [-0.39, 0.29) is 25.5 Å². The van der Waals surface area contributed by atoms with Gasteiger partial charge < -0.3 is 15.3 Å². The molecule has 34 heavy (non-hydrogen) atoms. The summed E-state index contributed by atoms with van der Waals surface area (Å²) in [4.78, 5) is 37.3. The Morgan fingerprint density at radius 1 is 1.18 bits per heavy atom. The summed E-state index contributed by atoms with van der Waals surface area (Å²) >= 11 is 0. The smallest absolute Gasteiger partial charge is 0.328 e. The lowest BCUT2D eigenvalue weighted by molar-refractivity contribution is -0.131. The van der Waals surface area contributed by atoms with Gasteiger partial charge in [0.05, 0.1) is 6.54 Å². The van der Waals surface area contributed by atoms with Gasteiger partial charge in [-0.05, 0) is 43.7 Å². The molecule has 1 aromatic heterocycles. The molecule has 2 aromatic rings. The number of aliphatic hydroxyl groups is 1. The number of nitrogens with zero attached hydrogens (tertiary/aromatic N) is 2. The Morgan fingerprint density at radius 3 is 2.38 bits per heavy atom. The third-order valence-corrected chi connectivity index (χ3v) is 7.68. The molecule has 4 N–H and O–H groups in total. The van der Waals surface area contributed by atoms with Crippen LogP contribution in [0, 0.1) is 11.8 Å². The molecule has 0 saturated carbocycles. The lowest BCUT2D eigenvalue weighted by Gasteiger charge is -2.27. The quantitative estimate of drug-likeness (QED) is 0.248. The number of rotatable bonds is 7. The number of anilines is 1. The van der Waals surface area contributed by atoms with Crippen molar-refractivity contribution in [3.05, 3.63) is 53.3 Å². The largest absolute Gasteiger partial charge is 0.387 e. The zero-order valence-electron chi connectivity index (χ0n) is 18.5. The minimum atomic E-state index is -3.86. The molecular weight excluding hydrogens is 464 g/mol. The topological polar surface area (TPSA) is 158 Å². The van der Waals surface area contributed by atoms with Gasteiger partial charge in [-0.2, -0.15) is 0 Å². The molecule has 0 saturated heterocycles. The molecule has 0 radical (unpaired) electrons. The second kappa shape index (κ2) is 9.68. The average Bonchev–Trinajstić information content (AvgIpc) is 3.33. The van der Waals surface area contributed by atoms with Crippen LogP contribution in [0.2, 0.25) is 0 Å². The number of carbonyl (C=O) groups is 3. The lowest BCUT2D eigenvalue weighted by atomic mass is 10.1. The normalized spacial score (nSPS) is 14.6. The first kappa shape index (κ1) is 25.0. The standard InChI is InChI=1S/C22H24N4O7S/c1-22(20(29)24-31,34(2,32)33)9-10-25-13-18-11-16(12-26(18)21(25)30)4-3-15-5-7-17(8-6-15)23-19(28)14-27/h5-8,11-12,27,31H,9-10,13-14H2,1-2H3,(H,23,28)(H,24,29). The fourth-order valence-electron chi connectivity index (χ4n) is 3.38.